The van der Waals surface area contributed by atoms with Crippen LogP contribution in [-0.2, 0) is 0 Å². The van der Waals surface area contributed by atoms with Gasteiger partial charge in [-0.2, -0.15) is 0 Å². The quantitative estimate of drug-likeness (QED) is 0.537. The van der Waals surface area contributed by atoms with Gasteiger partial charge in [-0.1, -0.05) is 30.3 Å². The van der Waals surface area contributed by atoms with Crippen molar-refractivity contribution >= 4 is 11.1 Å². The lowest BCUT2D eigenvalue weighted by Crippen LogP contribution is -1.81. The Morgan fingerprint density at radius 2 is 1.52 bits per heavy atom. The normalized spacial score (nSPS) is 10.9. The van der Waals surface area contributed by atoms with Crippen molar-refractivity contribution in [2.75, 3.05) is 0 Å². The van der Waals surface area contributed by atoms with Crippen molar-refractivity contribution in [3.8, 4) is 22.6 Å². The average molecular weight is 272 g/mol. The molecule has 0 unspecified atom stereocenters. The van der Waals surface area contributed by atoms with E-state index in [1.54, 1.807) is 6.20 Å². The van der Waals surface area contributed by atoms with E-state index in [9.17, 15) is 0 Å². The molecule has 0 aliphatic carbocycles. The van der Waals surface area contributed by atoms with Crippen LogP contribution in [0.15, 0.2) is 77.5 Å². The zero-order valence-corrected chi connectivity index (χ0v) is 11.2. The van der Waals surface area contributed by atoms with Crippen LogP contribution in [0.3, 0.4) is 0 Å². The van der Waals surface area contributed by atoms with E-state index in [0.717, 1.165) is 27.8 Å². The van der Waals surface area contributed by atoms with Crippen molar-refractivity contribution in [2.24, 2.45) is 0 Å². The van der Waals surface area contributed by atoms with Gasteiger partial charge >= 0.3 is 0 Å². The number of hydrogen-bond acceptors (Lipinski definition) is 3. The van der Waals surface area contributed by atoms with Crippen molar-refractivity contribution in [2.45, 2.75) is 0 Å². The molecule has 0 saturated heterocycles. The number of pyridine rings is 1. The number of aromatic nitrogens is 2. The fourth-order valence-electron chi connectivity index (χ4n) is 2.33. The number of nitrogens with zero attached hydrogens (tertiary/aromatic N) is 2. The molecule has 0 radical (unpaired) electrons. The van der Waals surface area contributed by atoms with Gasteiger partial charge < -0.3 is 4.42 Å². The number of rotatable bonds is 2. The monoisotopic (exact) mass is 272 g/mol. The zero-order valence-electron chi connectivity index (χ0n) is 11.2. The maximum Gasteiger partial charge on any atom is 0.227 e. The molecule has 3 heteroatoms. The van der Waals surface area contributed by atoms with Crippen molar-refractivity contribution in [1.29, 1.82) is 0 Å². The summed E-state index contributed by atoms with van der Waals surface area (Å²) in [6, 6.07) is 19.9. The van der Waals surface area contributed by atoms with E-state index in [-0.39, 0.29) is 0 Å². The SMILES string of the molecule is c1cncc(-c2ccc(-c3nc4ccccc4o3)cc2)c1. The Kier molecular flexibility index (Phi) is 2.75. The maximum absolute atomic E-state index is 5.78. The predicted molar refractivity (Wildman–Crippen MR) is 82.7 cm³/mol. The van der Waals surface area contributed by atoms with Crippen molar-refractivity contribution in [3.05, 3.63) is 73.1 Å². The highest BCUT2D eigenvalue weighted by Gasteiger charge is 2.07. The number of para-hydroxylation sites is 2. The molecule has 0 fully saturated rings. The minimum absolute atomic E-state index is 0.647. The third-order valence-electron chi connectivity index (χ3n) is 3.42. The Morgan fingerprint density at radius 1 is 0.714 bits per heavy atom. The fraction of sp³-hybridized carbons (Fsp3) is 0. The first-order chi connectivity index (χ1) is 10.4. The molecule has 2 aromatic heterocycles. The third-order valence-corrected chi connectivity index (χ3v) is 3.42. The highest BCUT2D eigenvalue weighted by Crippen LogP contribution is 2.26. The summed E-state index contributed by atoms with van der Waals surface area (Å²) in [6.07, 6.45) is 3.63. The number of hydrogen-bond donors (Lipinski definition) is 0. The molecular formula is C18H12N2O. The molecule has 0 aliphatic rings. The highest BCUT2D eigenvalue weighted by molar-refractivity contribution is 5.76. The summed E-state index contributed by atoms with van der Waals surface area (Å²) in [5.41, 5.74) is 4.89. The van der Waals surface area contributed by atoms with Crippen LogP contribution in [0.25, 0.3) is 33.7 Å². The highest BCUT2D eigenvalue weighted by atomic mass is 16.3. The Balaban J connectivity index is 1.73. The number of oxazole rings is 1. The van der Waals surface area contributed by atoms with Crippen LogP contribution in [0, 0.1) is 0 Å². The molecule has 0 saturated carbocycles. The van der Waals surface area contributed by atoms with E-state index in [4.69, 9.17) is 4.42 Å². The summed E-state index contributed by atoms with van der Waals surface area (Å²) in [4.78, 5) is 8.65. The summed E-state index contributed by atoms with van der Waals surface area (Å²) in [5.74, 6) is 0.647. The second kappa shape index (κ2) is 4.87. The molecule has 4 rings (SSSR count). The van der Waals surface area contributed by atoms with Crippen LogP contribution in [0.4, 0.5) is 0 Å². The molecule has 0 atom stereocenters. The largest absolute Gasteiger partial charge is 0.436 e. The number of benzene rings is 2. The van der Waals surface area contributed by atoms with Gasteiger partial charge in [0.2, 0.25) is 5.89 Å². The minimum Gasteiger partial charge on any atom is -0.436 e. The second-order valence-electron chi connectivity index (χ2n) is 4.81. The lowest BCUT2D eigenvalue weighted by atomic mass is 10.1. The van der Waals surface area contributed by atoms with Gasteiger partial charge in [0.1, 0.15) is 5.52 Å². The molecule has 4 aromatic rings. The molecule has 0 aliphatic heterocycles. The van der Waals surface area contributed by atoms with Gasteiger partial charge in [0.05, 0.1) is 0 Å². The molecule has 100 valence electrons. The Hall–Kier alpha value is -2.94. The Morgan fingerprint density at radius 3 is 2.29 bits per heavy atom. The van der Waals surface area contributed by atoms with Crippen LogP contribution >= 0.6 is 0 Å². The first-order valence-corrected chi connectivity index (χ1v) is 6.76. The zero-order chi connectivity index (χ0) is 14.1. The molecular weight excluding hydrogens is 260 g/mol. The van der Waals surface area contributed by atoms with Crippen LogP contribution in [0.2, 0.25) is 0 Å². The molecule has 0 bridgehead atoms. The topological polar surface area (TPSA) is 38.9 Å². The lowest BCUT2D eigenvalue weighted by Gasteiger charge is -2.01. The van der Waals surface area contributed by atoms with E-state index in [2.05, 4.69) is 22.1 Å². The summed E-state index contributed by atoms with van der Waals surface area (Å²) in [6.45, 7) is 0. The molecule has 0 N–H and O–H groups in total. The average Bonchev–Trinajstić information content (AvgIpc) is 3.00. The summed E-state index contributed by atoms with van der Waals surface area (Å²) < 4.78 is 5.78. The van der Waals surface area contributed by atoms with E-state index < -0.39 is 0 Å². The summed E-state index contributed by atoms with van der Waals surface area (Å²) >= 11 is 0. The van der Waals surface area contributed by atoms with Gasteiger partial charge in [-0.15, -0.1) is 0 Å². The Bertz CT molecular complexity index is 847. The molecule has 2 heterocycles. The molecule has 0 spiro atoms. The summed E-state index contributed by atoms with van der Waals surface area (Å²) in [7, 11) is 0. The van der Waals surface area contributed by atoms with Crippen LogP contribution in [-0.4, -0.2) is 9.97 Å². The minimum atomic E-state index is 0.647. The van der Waals surface area contributed by atoms with Gasteiger partial charge in [-0.05, 0) is 41.5 Å². The summed E-state index contributed by atoms with van der Waals surface area (Å²) in [5, 5.41) is 0. The third kappa shape index (κ3) is 2.19. The van der Waals surface area contributed by atoms with E-state index in [0.29, 0.717) is 5.89 Å². The van der Waals surface area contributed by atoms with Crippen molar-refractivity contribution in [1.82, 2.24) is 9.97 Å². The van der Waals surface area contributed by atoms with Gasteiger partial charge in [-0.3, -0.25) is 4.98 Å². The standard InChI is InChI=1S/C18H12N2O/c1-2-6-17-16(5-1)20-18(21-17)14-9-7-13(8-10-14)15-4-3-11-19-12-15/h1-12H. The van der Waals surface area contributed by atoms with Crippen LogP contribution < -0.4 is 0 Å². The molecule has 3 nitrogen and oxygen atoms in total. The van der Waals surface area contributed by atoms with Gasteiger partial charge in [0.25, 0.3) is 0 Å². The van der Waals surface area contributed by atoms with Gasteiger partial charge in [0.15, 0.2) is 5.58 Å². The van der Waals surface area contributed by atoms with Gasteiger partial charge in [0, 0.05) is 18.0 Å². The van der Waals surface area contributed by atoms with E-state index in [1.807, 2.05) is 54.7 Å². The number of fused-ring (bicyclic) bond motifs is 1. The second-order valence-corrected chi connectivity index (χ2v) is 4.81. The molecule has 0 amide bonds. The smallest absolute Gasteiger partial charge is 0.227 e. The first kappa shape index (κ1) is 11.9. The Labute approximate surface area is 121 Å². The van der Waals surface area contributed by atoms with Gasteiger partial charge in [-0.25, -0.2) is 4.98 Å². The van der Waals surface area contributed by atoms with E-state index in [1.165, 1.54) is 0 Å². The lowest BCUT2D eigenvalue weighted by molar-refractivity contribution is 0.620. The molecule has 21 heavy (non-hydrogen) atoms. The van der Waals surface area contributed by atoms with Crippen LogP contribution in [0.1, 0.15) is 0 Å². The van der Waals surface area contributed by atoms with Crippen LogP contribution in [0.5, 0.6) is 0 Å². The first-order valence-electron chi connectivity index (χ1n) is 6.76. The van der Waals surface area contributed by atoms with Crippen molar-refractivity contribution < 1.29 is 4.42 Å². The van der Waals surface area contributed by atoms with Crippen molar-refractivity contribution in [3.63, 3.8) is 0 Å². The fourth-order valence-corrected chi connectivity index (χ4v) is 2.33. The maximum atomic E-state index is 5.78. The molecule has 2 aromatic carbocycles. The predicted octanol–water partition coefficient (Wildman–Crippen LogP) is 4.56. The van der Waals surface area contributed by atoms with E-state index >= 15 is 0 Å².